The molecule has 0 aliphatic rings. The molecule has 2 atom stereocenters. The Hall–Kier alpha value is -2.20. The molecule has 0 bridgehead atoms. The van der Waals surface area contributed by atoms with E-state index >= 15 is 0 Å². The number of benzene rings is 2. The molecular formula is C17H20N2O2. The van der Waals surface area contributed by atoms with E-state index in [1.165, 1.54) is 11.6 Å². The minimum absolute atomic E-state index is 0.0973. The summed E-state index contributed by atoms with van der Waals surface area (Å²) < 4.78 is 0. The molecule has 0 aliphatic carbocycles. The van der Waals surface area contributed by atoms with Crippen LogP contribution in [-0.2, 0) is 0 Å². The standard InChI is InChI=1S/C17H20N2O2/c1-3-17(15-10-7-11-16(12-15)19(20)21)18-13(2)14-8-5-4-6-9-14/h4-13,17-18H,3H2,1-2H3/t13-,17?/m1/s1. The van der Waals surface area contributed by atoms with Crippen LogP contribution in [0.3, 0.4) is 0 Å². The first kappa shape index (κ1) is 15.2. The molecule has 0 amide bonds. The van der Waals surface area contributed by atoms with Crippen LogP contribution in [0.15, 0.2) is 54.6 Å². The summed E-state index contributed by atoms with van der Waals surface area (Å²) in [7, 11) is 0. The van der Waals surface area contributed by atoms with Crippen molar-refractivity contribution in [2.24, 2.45) is 0 Å². The summed E-state index contributed by atoms with van der Waals surface area (Å²) in [4.78, 5) is 10.5. The molecule has 0 fully saturated rings. The number of non-ortho nitro benzene ring substituents is 1. The van der Waals surface area contributed by atoms with Crippen molar-refractivity contribution in [2.45, 2.75) is 32.4 Å². The zero-order valence-electron chi connectivity index (χ0n) is 12.3. The van der Waals surface area contributed by atoms with E-state index < -0.39 is 0 Å². The van der Waals surface area contributed by atoms with E-state index in [4.69, 9.17) is 0 Å². The van der Waals surface area contributed by atoms with Gasteiger partial charge in [0.05, 0.1) is 4.92 Å². The Morgan fingerprint density at radius 3 is 2.38 bits per heavy atom. The molecule has 2 aromatic carbocycles. The number of nitrogens with one attached hydrogen (secondary N) is 1. The third-order valence-electron chi connectivity index (χ3n) is 3.64. The van der Waals surface area contributed by atoms with Gasteiger partial charge in [0, 0.05) is 24.2 Å². The molecule has 2 rings (SSSR count). The lowest BCUT2D eigenvalue weighted by atomic mass is 10.0. The monoisotopic (exact) mass is 284 g/mol. The first-order valence-corrected chi connectivity index (χ1v) is 7.17. The molecule has 0 aliphatic heterocycles. The summed E-state index contributed by atoms with van der Waals surface area (Å²) in [6, 6.07) is 17.3. The molecule has 1 unspecified atom stereocenters. The first-order valence-electron chi connectivity index (χ1n) is 7.17. The van der Waals surface area contributed by atoms with Crippen molar-refractivity contribution in [3.63, 3.8) is 0 Å². The van der Waals surface area contributed by atoms with Crippen molar-refractivity contribution < 1.29 is 4.92 Å². The van der Waals surface area contributed by atoms with Crippen LogP contribution in [-0.4, -0.2) is 4.92 Å². The van der Waals surface area contributed by atoms with E-state index in [9.17, 15) is 10.1 Å². The first-order chi connectivity index (χ1) is 10.1. The Kier molecular flexibility index (Phi) is 5.06. The lowest BCUT2D eigenvalue weighted by Crippen LogP contribution is -2.24. The lowest BCUT2D eigenvalue weighted by Gasteiger charge is -2.23. The summed E-state index contributed by atoms with van der Waals surface area (Å²) in [6.45, 7) is 4.18. The highest BCUT2D eigenvalue weighted by molar-refractivity contribution is 5.36. The van der Waals surface area contributed by atoms with Crippen LogP contribution in [0.25, 0.3) is 0 Å². The summed E-state index contributed by atoms with van der Waals surface area (Å²) in [5.41, 5.74) is 2.30. The van der Waals surface area contributed by atoms with Gasteiger partial charge in [0.25, 0.3) is 5.69 Å². The molecule has 1 N–H and O–H groups in total. The Bertz CT molecular complexity index is 599. The van der Waals surface area contributed by atoms with Gasteiger partial charge in [0.2, 0.25) is 0 Å². The number of nitrogens with zero attached hydrogens (tertiary/aromatic N) is 1. The predicted molar refractivity (Wildman–Crippen MR) is 84.1 cm³/mol. The second-order valence-electron chi connectivity index (χ2n) is 5.11. The third-order valence-corrected chi connectivity index (χ3v) is 3.64. The van der Waals surface area contributed by atoms with Gasteiger partial charge in [-0.3, -0.25) is 10.1 Å². The zero-order chi connectivity index (χ0) is 15.2. The maximum Gasteiger partial charge on any atom is 0.269 e. The summed E-state index contributed by atoms with van der Waals surface area (Å²) in [6.07, 6.45) is 0.873. The SMILES string of the molecule is CCC(N[C@H](C)c1ccccc1)c1cccc([N+](=O)[O-])c1. The second kappa shape index (κ2) is 6.99. The molecule has 0 aromatic heterocycles. The van der Waals surface area contributed by atoms with E-state index in [0.29, 0.717) is 0 Å². The van der Waals surface area contributed by atoms with Crippen LogP contribution in [0.1, 0.15) is 43.5 Å². The van der Waals surface area contributed by atoms with Crippen LogP contribution >= 0.6 is 0 Å². The minimum atomic E-state index is -0.350. The van der Waals surface area contributed by atoms with Gasteiger partial charge in [-0.15, -0.1) is 0 Å². The van der Waals surface area contributed by atoms with Crippen LogP contribution < -0.4 is 5.32 Å². The summed E-state index contributed by atoms with van der Waals surface area (Å²) in [5.74, 6) is 0. The van der Waals surface area contributed by atoms with E-state index in [1.54, 1.807) is 12.1 Å². The molecule has 4 heteroatoms. The maximum absolute atomic E-state index is 10.9. The van der Waals surface area contributed by atoms with Gasteiger partial charge < -0.3 is 5.32 Å². The van der Waals surface area contributed by atoms with Gasteiger partial charge in [0.15, 0.2) is 0 Å². The maximum atomic E-state index is 10.9. The second-order valence-corrected chi connectivity index (χ2v) is 5.11. The molecule has 4 nitrogen and oxygen atoms in total. The highest BCUT2D eigenvalue weighted by Gasteiger charge is 2.16. The van der Waals surface area contributed by atoms with Crippen molar-refractivity contribution in [2.75, 3.05) is 0 Å². The van der Waals surface area contributed by atoms with Gasteiger partial charge in [0.1, 0.15) is 0 Å². The summed E-state index contributed by atoms with van der Waals surface area (Å²) >= 11 is 0. The smallest absolute Gasteiger partial charge is 0.269 e. The van der Waals surface area contributed by atoms with Crippen molar-refractivity contribution >= 4 is 5.69 Å². The van der Waals surface area contributed by atoms with Crippen molar-refractivity contribution in [1.82, 2.24) is 5.32 Å². The lowest BCUT2D eigenvalue weighted by molar-refractivity contribution is -0.384. The highest BCUT2D eigenvalue weighted by Crippen LogP contribution is 2.24. The molecule has 0 spiro atoms. The van der Waals surface area contributed by atoms with E-state index in [0.717, 1.165) is 12.0 Å². The average Bonchev–Trinajstić information content (AvgIpc) is 2.53. The average molecular weight is 284 g/mol. The molecule has 110 valence electrons. The van der Waals surface area contributed by atoms with E-state index in [1.807, 2.05) is 24.3 Å². The van der Waals surface area contributed by atoms with Gasteiger partial charge in [-0.25, -0.2) is 0 Å². The largest absolute Gasteiger partial charge is 0.303 e. The quantitative estimate of drug-likeness (QED) is 0.632. The van der Waals surface area contributed by atoms with E-state index in [2.05, 4.69) is 31.3 Å². The Morgan fingerprint density at radius 2 is 1.76 bits per heavy atom. The molecule has 0 saturated carbocycles. The number of rotatable bonds is 6. The van der Waals surface area contributed by atoms with E-state index in [-0.39, 0.29) is 22.7 Å². The van der Waals surface area contributed by atoms with Crippen LogP contribution in [0.4, 0.5) is 5.69 Å². The molecule has 0 radical (unpaired) electrons. The fourth-order valence-electron chi connectivity index (χ4n) is 2.44. The molecule has 21 heavy (non-hydrogen) atoms. The number of nitro groups is 1. The minimum Gasteiger partial charge on any atom is -0.303 e. The topological polar surface area (TPSA) is 55.2 Å². The predicted octanol–water partition coefficient (Wildman–Crippen LogP) is 4.40. The Morgan fingerprint density at radius 1 is 1.10 bits per heavy atom. The molecule has 0 saturated heterocycles. The third kappa shape index (κ3) is 3.89. The van der Waals surface area contributed by atoms with Crippen LogP contribution in [0.5, 0.6) is 0 Å². The Balaban J connectivity index is 2.16. The van der Waals surface area contributed by atoms with Gasteiger partial charge in [-0.1, -0.05) is 49.4 Å². The highest BCUT2D eigenvalue weighted by atomic mass is 16.6. The fourth-order valence-corrected chi connectivity index (χ4v) is 2.44. The van der Waals surface area contributed by atoms with Crippen molar-refractivity contribution in [3.05, 3.63) is 75.8 Å². The Labute approximate surface area is 125 Å². The fraction of sp³-hybridized carbons (Fsp3) is 0.294. The van der Waals surface area contributed by atoms with Crippen molar-refractivity contribution in [1.29, 1.82) is 0 Å². The summed E-state index contributed by atoms with van der Waals surface area (Å²) in [5, 5.41) is 14.4. The number of nitro benzene ring substituents is 1. The van der Waals surface area contributed by atoms with Gasteiger partial charge in [-0.05, 0) is 24.5 Å². The number of hydrogen-bond donors (Lipinski definition) is 1. The normalized spacial score (nSPS) is 13.6. The van der Waals surface area contributed by atoms with Crippen LogP contribution in [0.2, 0.25) is 0 Å². The van der Waals surface area contributed by atoms with Crippen molar-refractivity contribution in [3.8, 4) is 0 Å². The zero-order valence-corrected chi connectivity index (χ0v) is 12.3. The molecular weight excluding hydrogens is 264 g/mol. The number of hydrogen-bond acceptors (Lipinski definition) is 3. The van der Waals surface area contributed by atoms with Crippen LogP contribution in [0, 0.1) is 10.1 Å². The molecule has 0 heterocycles. The van der Waals surface area contributed by atoms with Gasteiger partial charge >= 0.3 is 0 Å². The van der Waals surface area contributed by atoms with Gasteiger partial charge in [-0.2, -0.15) is 0 Å². The molecule has 2 aromatic rings.